The van der Waals surface area contributed by atoms with Gasteiger partial charge in [0, 0.05) is 9.86 Å². The van der Waals surface area contributed by atoms with E-state index in [0.29, 0.717) is 31.8 Å². The fraction of sp³-hybridized carbons (Fsp3) is 0.0526. The van der Waals surface area contributed by atoms with Crippen molar-refractivity contribution in [2.45, 2.75) is 5.03 Å². The van der Waals surface area contributed by atoms with Gasteiger partial charge in [-0.15, -0.1) is 0 Å². The first-order valence-electron chi connectivity index (χ1n) is 8.55. The lowest BCUT2D eigenvalue weighted by molar-refractivity contribution is -0.113. The Morgan fingerprint density at radius 1 is 1.17 bits per heavy atom. The minimum atomic E-state index is -0.301. The molecule has 2 aromatic carbocycles. The minimum absolute atomic E-state index is 0.136. The summed E-state index contributed by atoms with van der Waals surface area (Å²) in [4.78, 5) is 37.8. The van der Waals surface area contributed by atoms with E-state index in [1.165, 1.54) is 18.1 Å². The topological polar surface area (TPSA) is 117 Å². The Bertz CT molecular complexity index is 1460. The lowest BCUT2D eigenvalue weighted by Gasteiger charge is -2.07. The first-order chi connectivity index (χ1) is 14.1. The Morgan fingerprint density at radius 2 is 1.97 bits per heavy atom. The van der Waals surface area contributed by atoms with E-state index in [2.05, 4.69) is 41.2 Å². The molecule has 0 saturated heterocycles. The van der Waals surface area contributed by atoms with Gasteiger partial charge in [-0.3, -0.25) is 4.79 Å². The molecule has 29 heavy (non-hydrogen) atoms. The molecule has 0 unspecified atom stereocenters. The molecule has 3 N–H and O–H groups in total. The second-order valence-electron chi connectivity index (χ2n) is 6.25. The summed E-state index contributed by atoms with van der Waals surface area (Å²) >= 11 is 4.68. The number of anilines is 1. The van der Waals surface area contributed by atoms with Crippen LogP contribution >= 0.6 is 27.7 Å². The smallest absolute Gasteiger partial charge is 0.323 e. The van der Waals surface area contributed by atoms with E-state index in [0.717, 1.165) is 16.5 Å². The van der Waals surface area contributed by atoms with E-state index in [9.17, 15) is 9.59 Å². The molecule has 0 atom stereocenters. The minimum Gasteiger partial charge on any atom is -0.451 e. The summed E-state index contributed by atoms with van der Waals surface area (Å²) < 4.78 is 6.55. The van der Waals surface area contributed by atoms with E-state index in [4.69, 9.17) is 4.42 Å². The molecule has 3 heterocycles. The van der Waals surface area contributed by atoms with Gasteiger partial charge in [-0.05, 0) is 40.2 Å². The number of halogens is 1. The van der Waals surface area contributed by atoms with Crippen molar-refractivity contribution in [2.24, 2.45) is 0 Å². The van der Waals surface area contributed by atoms with E-state index >= 15 is 0 Å². The molecule has 0 spiro atoms. The van der Waals surface area contributed by atoms with Gasteiger partial charge in [-0.2, -0.15) is 0 Å². The molecule has 144 valence electrons. The van der Waals surface area contributed by atoms with E-state index < -0.39 is 0 Å². The van der Waals surface area contributed by atoms with Crippen LogP contribution in [0.4, 0.5) is 5.69 Å². The predicted molar refractivity (Wildman–Crippen MR) is 115 cm³/mol. The van der Waals surface area contributed by atoms with Crippen LogP contribution in [0.15, 0.2) is 61.4 Å². The van der Waals surface area contributed by atoms with Crippen molar-refractivity contribution in [3.05, 3.63) is 57.7 Å². The molecule has 8 nitrogen and oxygen atoms in total. The third-order valence-corrected chi connectivity index (χ3v) is 5.97. The molecule has 5 rings (SSSR count). The van der Waals surface area contributed by atoms with Crippen molar-refractivity contribution in [2.75, 3.05) is 11.1 Å². The number of fused-ring (bicyclic) bond motifs is 4. The molecule has 10 heteroatoms. The number of amides is 1. The number of imidazole rings is 1. The maximum atomic E-state index is 12.5. The number of thioether (sulfide) groups is 1. The van der Waals surface area contributed by atoms with Crippen molar-refractivity contribution in [3.8, 4) is 0 Å². The van der Waals surface area contributed by atoms with Gasteiger partial charge in [0.25, 0.3) is 0 Å². The summed E-state index contributed by atoms with van der Waals surface area (Å²) in [5, 5.41) is 4.35. The molecule has 0 aliphatic carbocycles. The number of H-pyrrole nitrogens is 2. The maximum absolute atomic E-state index is 12.5. The van der Waals surface area contributed by atoms with E-state index in [1.54, 1.807) is 12.1 Å². The Labute approximate surface area is 175 Å². The standard InChI is InChI=1S/C19H12BrN5O3S/c20-10-5-12-13(25-19(27)24-12)6-11(10)23-15(26)7-29-18-17-16(21-8-22-18)9-3-1-2-4-14(9)28-17/h1-6,8H,7H2,(H,23,26)(H2,24,25,27). The zero-order chi connectivity index (χ0) is 20.0. The van der Waals surface area contributed by atoms with E-state index in [-0.39, 0.29) is 17.3 Å². The number of nitrogens with zero attached hydrogens (tertiary/aromatic N) is 2. The van der Waals surface area contributed by atoms with Gasteiger partial charge in [0.05, 0.1) is 22.5 Å². The van der Waals surface area contributed by atoms with Gasteiger partial charge in [0.1, 0.15) is 22.5 Å². The lowest BCUT2D eigenvalue weighted by atomic mass is 10.2. The number of nitrogens with one attached hydrogen (secondary N) is 3. The van der Waals surface area contributed by atoms with Crippen molar-refractivity contribution >= 4 is 72.4 Å². The quantitative estimate of drug-likeness (QED) is 0.270. The molecular formula is C19H12BrN5O3S. The highest BCUT2D eigenvalue weighted by molar-refractivity contribution is 9.10. The van der Waals surface area contributed by atoms with Crippen LogP contribution in [0, 0.1) is 0 Å². The average Bonchev–Trinajstić information content (AvgIpc) is 3.26. The van der Waals surface area contributed by atoms with Crippen LogP contribution in [0.5, 0.6) is 0 Å². The van der Waals surface area contributed by atoms with Gasteiger partial charge >= 0.3 is 5.69 Å². The van der Waals surface area contributed by atoms with Crippen LogP contribution in [-0.4, -0.2) is 31.6 Å². The highest BCUT2D eigenvalue weighted by Crippen LogP contribution is 2.32. The summed E-state index contributed by atoms with van der Waals surface area (Å²) in [5.74, 6) is -0.0760. The number of aromatic nitrogens is 4. The number of hydrogen-bond acceptors (Lipinski definition) is 6. The van der Waals surface area contributed by atoms with Gasteiger partial charge < -0.3 is 19.7 Å². The summed E-state index contributed by atoms with van der Waals surface area (Å²) in [7, 11) is 0. The highest BCUT2D eigenvalue weighted by atomic mass is 79.9. The number of para-hydroxylation sites is 1. The molecule has 0 radical (unpaired) electrons. The fourth-order valence-corrected chi connectivity index (χ4v) is 4.25. The van der Waals surface area contributed by atoms with Crippen LogP contribution in [0.1, 0.15) is 0 Å². The second-order valence-corrected chi connectivity index (χ2v) is 8.07. The molecule has 0 saturated carbocycles. The van der Waals surface area contributed by atoms with Crippen LogP contribution in [0.25, 0.3) is 33.1 Å². The summed E-state index contributed by atoms with van der Waals surface area (Å²) in [6.07, 6.45) is 1.47. The number of hydrogen-bond donors (Lipinski definition) is 3. The number of furan rings is 1. The molecule has 0 bridgehead atoms. The van der Waals surface area contributed by atoms with E-state index in [1.807, 2.05) is 24.3 Å². The SMILES string of the molecule is O=C(CSc1ncnc2c1oc1ccccc12)Nc1cc2[nH]c(=O)[nH]c2cc1Br. The second kappa shape index (κ2) is 7.05. The number of carbonyl (C=O) groups excluding carboxylic acids is 1. The maximum Gasteiger partial charge on any atom is 0.323 e. The highest BCUT2D eigenvalue weighted by Gasteiger charge is 2.15. The van der Waals surface area contributed by atoms with Crippen LogP contribution in [-0.2, 0) is 4.79 Å². The monoisotopic (exact) mass is 469 g/mol. The summed E-state index contributed by atoms with van der Waals surface area (Å²) in [6.45, 7) is 0. The zero-order valence-electron chi connectivity index (χ0n) is 14.7. The Kier molecular flexibility index (Phi) is 4.36. The normalized spacial score (nSPS) is 11.5. The van der Waals surface area contributed by atoms with Crippen LogP contribution < -0.4 is 11.0 Å². The zero-order valence-corrected chi connectivity index (χ0v) is 17.1. The van der Waals surface area contributed by atoms with Crippen LogP contribution in [0.2, 0.25) is 0 Å². The largest absolute Gasteiger partial charge is 0.451 e. The van der Waals surface area contributed by atoms with Crippen molar-refractivity contribution in [1.82, 2.24) is 19.9 Å². The number of rotatable bonds is 4. The molecule has 1 amide bonds. The van der Waals surface area contributed by atoms with Gasteiger partial charge in [0.2, 0.25) is 5.91 Å². The first-order valence-corrected chi connectivity index (χ1v) is 10.3. The first kappa shape index (κ1) is 18.0. The van der Waals surface area contributed by atoms with Crippen molar-refractivity contribution in [3.63, 3.8) is 0 Å². The molecule has 0 aliphatic rings. The summed E-state index contributed by atoms with van der Waals surface area (Å²) in [5.41, 5.74) is 3.55. The van der Waals surface area contributed by atoms with Crippen molar-refractivity contribution < 1.29 is 9.21 Å². The molecule has 3 aromatic heterocycles. The fourth-order valence-electron chi connectivity index (χ4n) is 3.08. The molecular weight excluding hydrogens is 458 g/mol. The Morgan fingerprint density at radius 3 is 2.83 bits per heavy atom. The lowest BCUT2D eigenvalue weighted by Crippen LogP contribution is -2.14. The van der Waals surface area contributed by atoms with Gasteiger partial charge in [-0.1, -0.05) is 23.9 Å². The summed E-state index contributed by atoms with van der Waals surface area (Å²) in [6, 6.07) is 11.1. The van der Waals surface area contributed by atoms with Crippen LogP contribution in [0.3, 0.4) is 0 Å². The predicted octanol–water partition coefficient (Wildman–Crippen LogP) is 4.04. The van der Waals surface area contributed by atoms with Gasteiger partial charge in [-0.25, -0.2) is 14.8 Å². The number of benzene rings is 2. The number of aromatic amines is 2. The Hall–Kier alpha value is -3.11. The molecule has 0 aliphatic heterocycles. The van der Waals surface area contributed by atoms with Crippen molar-refractivity contribution in [1.29, 1.82) is 0 Å². The average molecular weight is 470 g/mol. The molecule has 5 aromatic rings. The third-order valence-electron chi connectivity index (χ3n) is 4.34. The number of carbonyl (C=O) groups is 1. The Balaban J connectivity index is 1.37. The van der Waals surface area contributed by atoms with Gasteiger partial charge in [0.15, 0.2) is 5.58 Å². The molecule has 0 fully saturated rings. The third kappa shape index (κ3) is 3.30.